The lowest BCUT2D eigenvalue weighted by molar-refractivity contribution is 0.0526. The van der Waals surface area contributed by atoms with Crippen molar-refractivity contribution < 1.29 is 14.3 Å². The van der Waals surface area contributed by atoms with Crippen molar-refractivity contribution >= 4 is 17.6 Å². The molecule has 0 atom stereocenters. The molecule has 0 bridgehead atoms. The van der Waals surface area contributed by atoms with Crippen LogP contribution >= 0.6 is 0 Å². The number of anilines is 1. The summed E-state index contributed by atoms with van der Waals surface area (Å²) >= 11 is 0. The second kappa shape index (κ2) is 8.35. The molecule has 6 heteroatoms. The molecule has 1 aromatic heterocycles. The third-order valence-corrected chi connectivity index (χ3v) is 4.17. The normalized spacial score (nSPS) is 10.4. The van der Waals surface area contributed by atoms with Gasteiger partial charge in [0, 0.05) is 11.4 Å². The van der Waals surface area contributed by atoms with Gasteiger partial charge in [-0.1, -0.05) is 29.8 Å². The van der Waals surface area contributed by atoms with Crippen LogP contribution in [-0.4, -0.2) is 23.5 Å². The Hall–Kier alpha value is -3.67. The van der Waals surface area contributed by atoms with Gasteiger partial charge in [0.15, 0.2) is 0 Å². The summed E-state index contributed by atoms with van der Waals surface area (Å²) in [5.74, 6) is -0.955. The molecule has 0 fully saturated rings. The van der Waals surface area contributed by atoms with Crippen molar-refractivity contribution in [3.8, 4) is 11.3 Å². The number of esters is 1. The number of ether oxygens (including phenoxy) is 1. The lowest BCUT2D eigenvalue weighted by Crippen LogP contribution is -2.23. The first kappa shape index (κ1) is 19.1. The molecule has 0 spiro atoms. The molecule has 28 heavy (non-hydrogen) atoms. The molecule has 6 nitrogen and oxygen atoms in total. The number of hydrogen-bond acceptors (Lipinski definition) is 4. The van der Waals surface area contributed by atoms with Crippen LogP contribution in [0.25, 0.3) is 11.3 Å². The van der Waals surface area contributed by atoms with Crippen molar-refractivity contribution in [1.82, 2.24) is 4.98 Å². The predicted molar refractivity (Wildman–Crippen MR) is 108 cm³/mol. The second-order valence-electron chi connectivity index (χ2n) is 6.23. The van der Waals surface area contributed by atoms with E-state index in [0.717, 1.165) is 11.1 Å². The van der Waals surface area contributed by atoms with Gasteiger partial charge in [0.05, 0.1) is 12.2 Å². The van der Waals surface area contributed by atoms with Gasteiger partial charge < -0.3 is 15.0 Å². The van der Waals surface area contributed by atoms with E-state index in [2.05, 4.69) is 10.3 Å². The van der Waals surface area contributed by atoms with E-state index in [1.54, 1.807) is 37.3 Å². The van der Waals surface area contributed by atoms with Crippen LogP contribution in [0.4, 0.5) is 5.69 Å². The average Bonchev–Trinajstić information content (AvgIpc) is 2.69. The highest BCUT2D eigenvalue weighted by atomic mass is 16.5. The SMILES string of the molecule is CCOC(=O)c1ccc(NC(=O)c2ccc(-c3ccc(C)cc3)[nH]c2=O)cc1. The Labute approximate surface area is 162 Å². The lowest BCUT2D eigenvalue weighted by atomic mass is 10.1. The standard InChI is InChI=1S/C22H20N2O4/c1-3-28-22(27)16-8-10-17(11-9-16)23-20(25)18-12-13-19(24-21(18)26)15-6-4-14(2)5-7-15/h4-13H,3H2,1-2H3,(H,23,25)(H,24,26). The third kappa shape index (κ3) is 4.35. The molecule has 0 radical (unpaired) electrons. The van der Waals surface area contributed by atoms with Gasteiger partial charge in [0.2, 0.25) is 0 Å². The van der Waals surface area contributed by atoms with E-state index in [-0.39, 0.29) is 5.56 Å². The number of H-pyrrole nitrogens is 1. The molecule has 2 aromatic carbocycles. The third-order valence-electron chi connectivity index (χ3n) is 4.17. The molecular weight excluding hydrogens is 356 g/mol. The number of amides is 1. The van der Waals surface area contributed by atoms with Crippen LogP contribution in [0.5, 0.6) is 0 Å². The molecule has 1 amide bonds. The van der Waals surface area contributed by atoms with Gasteiger partial charge in [-0.05, 0) is 55.8 Å². The number of aryl methyl sites for hydroxylation is 1. The number of aromatic amines is 1. The van der Waals surface area contributed by atoms with Gasteiger partial charge in [-0.2, -0.15) is 0 Å². The van der Waals surface area contributed by atoms with Crippen LogP contribution in [0, 0.1) is 6.92 Å². The van der Waals surface area contributed by atoms with Crippen LogP contribution in [0.1, 0.15) is 33.2 Å². The Balaban J connectivity index is 1.75. The van der Waals surface area contributed by atoms with Crippen molar-refractivity contribution in [1.29, 1.82) is 0 Å². The number of hydrogen-bond donors (Lipinski definition) is 2. The molecule has 0 aliphatic rings. The molecule has 0 aliphatic heterocycles. The summed E-state index contributed by atoms with van der Waals surface area (Å²) in [5, 5.41) is 2.65. The summed E-state index contributed by atoms with van der Waals surface area (Å²) in [6.45, 7) is 4.01. The quantitative estimate of drug-likeness (QED) is 0.663. The van der Waals surface area contributed by atoms with Crippen LogP contribution < -0.4 is 10.9 Å². The first-order valence-electron chi connectivity index (χ1n) is 8.87. The highest BCUT2D eigenvalue weighted by molar-refractivity contribution is 6.04. The fraction of sp³-hybridized carbons (Fsp3) is 0.136. The van der Waals surface area contributed by atoms with Gasteiger partial charge in [0.25, 0.3) is 11.5 Å². The lowest BCUT2D eigenvalue weighted by Gasteiger charge is -2.07. The molecule has 0 unspecified atom stereocenters. The van der Waals surface area contributed by atoms with E-state index in [4.69, 9.17) is 4.74 Å². The van der Waals surface area contributed by atoms with Crippen molar-refractivity contribution in [2.24, 2.45) is 0 Å². The second-order valence-corrected chi connectivity index (χ2v) is 6.23. The van der Waals surface area contributed by atoms with Crippen LogP contribution in [0.2, 0.25) is 0 Å². The van der Waals surface area contributed by atoms with Gasteiger partial charge in [-0.25, -0.2) is 4.79 Å². The topological polar surface area (TPSA) is 88.3 Å². The zero-order valence-corrected chi connectivity index (χ0v) is 15.6. The fourth-order valence-corrected chi connectivity index (χ4v) is 2.66. The number of carbonyl (C=O) groups is 2. The van der Waals surface area contributed by atoms with Gasteiger partial charge in [0.1, 0.15) is 5.56 Å². The Morgan fingerprint density at radius 1 is 0.964 bits per heavy atom. The fourth-order valence-electron chi connectivity index (χ4n) is 2.66. The maximum atomic E-state index is 12.4. The molecule has 142 valence electrons. The number of nitrogens with one attached hydrogen (secondary N) is 2. The Kier molecular flexibility index (Phi) is 5.69. The highest BCUT2D eigenvalue weighted by Gasteiger charge is 2.13. The Morgan fingerprint density at radius 2 is 1.64 bits per heavy atom. The van der Waals surface area contributed by atoms with Crippen molar-refractivity contribution in [3.63, 3.8) is 0 Å². The first-order valence-corrected chi connectivity index (χ1v) is 8.87. The van der Waals surface area contributed by atoms with Crippen molar-refractivity contribution in [2.75, 3.05) is 11.9 Å². The minimum Gasteiger partial charge on any atom is -0.462 e. The summed E-state index contributed by atoms with van der Waals surface area (Å²) in [7, 11) is 0. The van der Waals surface area contributed by atoms with Crippen LogP contribution in [0.15, 0.2) is 65.5 Å². The molecule has 0 saturated carbocycles. The summed E-state index contributed by atoms with van der Waals surface area (Å²) in [6.07, 6.45) is 0. The molecule has 3 aromatic rings. The molecule has 0 aliphatic carbocycles. The molecule has 2 N–H and O–H groups in total. The molecule has 1 heterocycles. The van der Waals surface area contributed by atoms with E-state index in [1.807, 2.05) is 31.2 Å². The largest absolute Gasteiger partial charge is 0.462 e. The number of benzene rings is 2. The summed E-state index contributed by atoms with van der Waals surface area (Å²) < 4.78 is 4.92. The van der Waals surface area contributed by atoms with E-state index in [9.17, 15) is 14.4 Å². The average molecular weight is 376 g/mol. The highest BCUT2D eigenvalue weighted by Crippen LogP contribution is 2.17. The number of aromatic nitrogens is 1. The van der Waals surface area contributed by atoms with Gasteiger partial charge >= 0.3 is 5.97 Å². The van der Waals surface area contributed by atoms with E-state index < -0.39 is 17.4 Å². The molecule has 0 saturated heterocycles. The summed E-state index contributed by atoms with van der Waals surface area (Å²) in [6, 6.07) is 17.2. The monoisotopic (exact) mass is 376 g/mol. The Morgan fingerprint density at radius 3 is 2.25 bits per heavy atom. The predicted octanol–water partition coefficient (Wildman–Crippen LogP) is 3.78. The zero-order valence-electron chi connectivity index (χ0n) is 15.6. The van der Waals surface area contributed by atoms with E-state index in [0.29, 0.717) is 23.6 Å². The summed E-state index contributed by atoms with van der Waals surface area (Å²) in [5.41, 5.74) is 3.02. The Bertz CT molecular complexity index is 1050. The van der Waals surface area contributed by atoms with E-state index in [1.165, 1.54) is 6.07 Å². The smallest absolute Gasteiger partial charge is 0.338 e. The number of carbonyl (C=O) groups excluding carboxylic acids is 2. The minimum atomic E-state index is -0.527. The minimum absolute atomic E-state index is 0.00494. The van der Waals surface area contributed by atoms with Crippen LogP contribution in [0.3, 0.4) is 0 Å². The number of rotatable bonds is 5. The maximum Gasteiger partial charge on any atom is 0.338 e. The molecule has 3 rings (SSSR count). The van der Waals surface area contributed by atoms with Crippen molar-refractivity contribution in [3.05, 3.63) is 87.7 Å². The number of pyridine rings is 1. The maximum absolute atomic E-state index is 12.4. The van der Waals surface area contributed by atoms with Crippen LogP contribution in [-0.2, 0) is 4.74 Å². The van der Waals surface area contributed by atoms with Crippen molar-refractivity contribution in [2.45, 2.75) is 13.8 Å². The molecular formula is C22H20N2O4. The van der Waals surface area contributed by atoms with Gasteiger partial charge in [-0.3, -0.25) is 9.59 Å². The van der Waals surface area contributed by atoms with Gasteiger partial charge in [-0.15, -0.1) is 0 Å². The first-order chi connectivity index (χ1) is 13.5. The zero-order chi connectivity index (χ0) is 20.1. The van der Waals surface area contributed by atoms with E-state index >= 15 is 0 Å². The summed E-state index contributed by atoms with van der Waals surface area (Å²) in [4.78, 5) is 39.2.